The summed E-state index contributed by atoms with van der Waals surface area (Å²) in [5, 5.41) is 12.2. The molecule has 5 heteroatoms. The van der Waals surface area contributed by atoms with Crippen LogP contribution in [0.1, 0.15) is 52.7 Å². The van der Waals surface area contributed by atoms with Crippen LogP contribution in [0.2, 0.25) is 0 Å². The number of phenols is 1. The van der Waals surface area contributed by atoms with Gasteiger partial charge in [0.05, 0.1) is 22.3 Å². The number of benzene rings is 8. The summed E-state index contributed by atoms with van der Waals surface area (Å²) < 4.78 is 2.24. The molecule has 8 aromatic carbocycles. The molecule has 4 nitrogen and oxygen atoms in total. The third-order valence-electron chi connectivity index (χ3n) is 12.6. The van der Waals surface area contributed by atoms with E-state index in [0.717, 1.165) is 78.0 Å². The summed E-state index contributed by atoms with van der Waals surface area (Å²) in [5.41, 5.74) is 17.5. The van der Waals surface area contributed by atoms with Gasteiger partial charge in [0.25, 0.3) is 0 Å². The quantitative estimate of drug-likeness (QED) is 0.154. The summed E-state index contributed by atoms with van der Waals surface area (Å²) in [6, 6.07) is 71.9. The Labute approximate surface area is 409 Å². The molecule has 332 valence electrons. The van der Waals surface area contributed by atoms with Gasteiger partial charge in [0.1, 0.15) is 11.6 Å². The minimum atomic E-state index is -0.300. The zero-order valence-electron chi connectivity index (χ0n) is 38.7. The van der Waals surface area contributed by atoms with Crippen molar-refractivity contribution in [3.63, 3.8) is 0 Å². The molecule has 10 rings (SSSR count). The van der Waals surface area contributed by atoms with E-state index in [-0.39, 0.29) is 37.6 Å². The molecule has 2 aromatic heterocycles. The van der Waals surface area contributed by atoms with Crippen LogP contribution in [-0.2, 0) is 31.9 Å². The maximum Gasteiger partial charge on any atom is 0.148 e. The van der Waals surface area contributed by atoms with Gasteiger partial charge in [-0.1, -0.05) is 210 Å². The van der Waals surface area contributed by atoms with Crippen molar-refractivity contribution in [1.82, 2.24) is 14.5 Å². The Kier molecular flexibility index (Phi) is 12.3. The van der Waals surface area contributed by atoms with Crippen LogP contribution in [0.3, 0.4) is 0 Å². The summed E-state index contributed by atoms with van der Waals surface area (Å²) in [5.74, 6) is 0.894. The van der Waals surface area contributed by atoms with Crippen LogP contribution in [-0.4, -0.2) is 19.6 Å². The first-order valence-corrected chi connectivity index (χ1v) is 22.7. The largest absolute Gasteiger partial charge is 0.507 e. The summed E-state index contributed by atoms with van der Waals surface area (Å²) >= 11 is 0. The molecular weight excluding hydrogens is 998 g/mol. The molecule has 1 N–H and O–H groups in total. The van der Waals surface area contributed by atoms with Gasteiger partial charge in [0, 0.05) is 38.5 Å². The third-order valence-corrected chi connectivity index (χ3v) is 12.6. The molecule has 10 aromatic rings. The van der Waals surface area contributed by atoms with E-state index in [2.05, 4.69) is 216 Å². The molecule has 0 radical (unpaired) electrons. The molecule has 0 spiro atoms. The van der Waals surface area contributed by atoms with Crippen molar-refractivity contribution in [1.29, 1.82) is 0 Å². The van der Waals surface area contributed by atoms with Crippen LogP contribution < -0.4 is 0 Å². The Balaban J connectivity index is 0.00000562. The van der Waals surface area contributed by atoms with Crippen LogP contribution in [0.25, 0.3) is 95.0 Å². The van der Waals surface area contributed by atoms with E-state index in [4.69, 9.17) is 9.97 Å². The van der Waals surface area contributed by atoms with Crippen molar-refractivity contribution >= 4 is 11.0 Å². The molecule has 0 aliphatic heterocycles. The number of imidazole rings is 1. The average molecular weight is 1050 g/mol. The molecule has 0 atom stereocenters. The fourth-order valence-electron chi connectivity index (χ4n) is 9.01. The second-order valence-corrected chi connectivity index (χ2v) is 19.2. The number of hydrogen-bond acceptors (Lipinski definition) is 3. The number of nitrogens with zero attached hydrogens (tertiary/aromatic N) is 3. The van der Waals surface area contributed by atoms with Gasteiger partial charge in [-0.15, -0.1) is 23.8 Å². The number of pyridine rings is 1. The van der Waals surface area contributed by atoms with Gasteiger partial charge in [-0.3, -0.25) is 9.55 Å². The number of aromatic hydroxyl groups is 1. The van der Waals surface area contributed by atoms with E-state index < -0.39 is 0 Å². The van der Waals surface area contributed by atoms with E-state index in [0.29, 0.717) is 11.4 Å². The van der Waals surface area contributed by atoms with Gasteiger partial charge >= 0.3 is 0 Å². The topological polar surface area (TPSA) is 50.9 Å². The Hall–Kier alpha value is -7.13. The van der Waals surface area contributed by atoms with Gasteiger partial charge in [0.15, 0.2) is 0 Å². The summed E-state index contributed by atoms with van der Waals surface area (Å²) in [6.07, 6.45) is 1.89. The molecule has 0 bridgehead atoms. The number of aromatic nitrogens is 3. The SMILES string of the molecule is CC(C)(C)c1ccc(-n2c(-c3cccc(C(C)(C)C)c3O)nc3c(-c4[c-]c(-c5cc(-c6ccc(-c7ccccc7)cc6)ccn5)cc(-c5ccccc5)c4)cccc32)c(-c2ccccc2)c1.[Pt]. The maximum atomic E-state index is 12.2. The van der Waals surface area contributed by atoms with Gasteiger partial charge in [0.2, 0.25) is 0 Å². The first kappa shape index (κ1) is 45.0. The average Bonchev–Trinajstić information content (AvgIpc) is 3.73. The van der Waals surface area contributed by atoms with Crippen molar-refractivity contribution in [2.45, 2.75) is 52.4 Å². The van der Waals surface area contributed by atoms with Crippen LogP contribution in [0, 0.1) is 6.07 Å². The van der Waals surface area contributed by atoms with Crippen molar-refractivity contribution in [3.05, 3.63) is 218 Å². The fraction of sp³-hybridized carbons (Fsp3) is 0.129. The summed E-state index contributed by atoms with van der Waals surface area (Å²) in [6.45, 7) is 13.1. The zero-order chi connectivity index (χ0) is 45.6. The van der Waals surface area contributed by atoms with E-state index in [9.17, 15) is 5.11 Å². The van der Waals surface area contributed by atoms with Crippen LogP contribution >= 0.6 is 0 Å². The standard InChI is InChI=1S/C62H52N3O.Pt/c1-61(2,3)50-32-33-56(53(40-50)45-22-14-9-15-23-45)65-57-27-17-24-51(58(57)64-60(65)52-25-16-26-54(59(52)66)62(4,5)6)48-36-47(42-20-12-8-13-21-42)37-49(38-48)55-39-46(34-35-63-55)44-30-28-43(29-31-44)41-18-10-7-11-19-41;/h7-37,39-40,66H,1-6H3;/q-1;. The van der Waals surface area contributed by atoms with Crippen LogP contribution in [0.4, 0.5) is 0 Å². The molecule has 67 heavy (non-hydrogen) atoms. The van der Waals surface area contributed by atoms with Gasteiger partial charge in [-0.2, -0.15) is 0 Å². The smallest absolute Gasteiger partial charge is 0.148 e. The summed E-state index contributed by atoms with van der Waals surface area (Å²) in [7, 11) is 0. The molecule has 2 heterocycles. The second kappa shape index (κ2) is 18.3. The number of fused-ring (bicyclic) bond motifs is 1. The van der Waals surface area contributed by atoms with Crippen molar-refractivity contribution in [3.8, 4) is 89.7 Å². The first-order valence-electron chi connectivity index (χ1n) is 22.7. The monoisotopic (exact) mass is 1050 g/mol. The number of phenolic OH excluding ortho intramolecular Hbond substituents is 1. The van der Waals surface area contributed by atoms with Gasteiger partial charge in [-0.25, -0.2) is 4.98 Å². The summed E-state index contributed by atoms with van der Waals surface area (Å²) in [4.78, 5) is 10.5. The molecule has 0 aliphatic carbocycles. The number of para-hydroxylation sites is 2. The number of rotatable bonds is 8. The molecule has 0 fully saturated rings. The minimum Gasteiger partial charge on any atom is -0.507 e. The van der Waals surface area contributed by atoms with E-state index in [1.54, 1.807) is 0 Å². The third kappa shape index (κ3) is 8.95. The Morgan fingerprint density at radius 2 is 1.03 bits per heavy atom. The van der Waals surface area contributed by atoms with Crippen molar-refractivity contribution in [2.75, 3.05) is 0 Å². The zero-order valence-corrected chi connectivity index (χ0v) is 40.9. The predicted molar refractivity (Wildman–Crippen MR) is 275 cm³/mol. The van der Waals surface area contributed by atoms with Gasteiger partial charge < -0.3 is 5.11 Å². The van der Waals surface area contributed by atoms with Crippen LogP contribution in [0.5, 0.6) is 5.75 Å². The Morgan fingerprint density at radius 3 is 1.67 bits per heavy atom. The Morgan fingerprint density at radius 1 is 0.463 bits per heavy atom. The van der Waals surface area contributed by atoms with E-state index in [1.165, 1.54) is 16.7 Å². The van der Waals surface area contributed by atoms with Crippen molar-refractivity contribution < 1.29 is 26.2 Å². The van der Waals surface area contributed by atoms with Crippen LogP contribution in [0.15, 0.2) is 200 Å². The first-order chi connectivity index (χ1) is 31.9. The fourth-order valence-corrected chi connectivity index (χ4v) is 9.01. The molecule has 0 unspecified atom stereocenters. The number of hydrogen-bond donors (Lipinski definition) is 1. The molecule has 0 saturated heterocycles. The normalized spacial score (nSPS) is 11.7. The molecular formula is C62H52N3OPt-. The van der Waals surface area contributed by atoms with E-state index >= 15 is 0 Å². The minimum absolute atomic E-state index is 0. The second-order valence-electron chi connectivity index (χ2n) is 19.2. The predicted octanol–water partition coefficient (Wildman–Crippen LogP) is 16.2. The Bertz CT molecular complexity index is 3360. The van der Waals surface area contributed by atoms with E-state index in [1.807, 2.05) is 36.5 Å². The van der Waals surface area contributed by atoms with Crippen molar-refractivity contribution in [2.24, 2.45) is 0 Å². The maximum absolute atomic E-state index is 12.2. The van der Waals surface area contributed by atoms with Gasteiger partial charge in [-0.05, 0) is 85.7 Å². The molecule has 0 amide bonds. The molecule has 0 saturated carbocycles. The molecule has 0 aliphatic rings.